The summed E-state index contributed by atoms with van der Waals surface area (Å²) in [6, 6.07) is 23.2. The lowest BCUT2D eigenvalue weighted by Gasteiger charge is -2.19. The molecule has 0 N–H and O–H groups in total. The second-order valence-electron chi connectivity index (χ2n) is 7.66. The zero-order chi connectivity index (χ0) is 21.0. The summed E-state index contributed by atoms with van der Waals surface area (Å²) in [5.41, 5.74) is 3.36. The molecule has 0 aromatic heterocycles. The Hall–Kier alpha value is -2.72. The Morgan fingerprint density at radius 3 is 1.90 bits per heavy atom. The van der Waals surface area contributed by atoms with Crippen LogP contribution in [0.2, 0.25) is 0 Å². The van der Waals surface area contributed by atoms with Gasteiger partial charge in [0.2, 0.25) is 0 Å². The Morgan fingerprint density at radius 2 is 1.34 bits per heavy atom. The third-order valence-electron chi connectivity index (χ3n) is 5.17. The third-order valence-corrected chi connectivity index (χ3v) is 7.28. The number of hydrogen-bond acceptors (Lipinski definition) is 3. The molecule has 3 rings (SSSR count). The monoisotopic (exact) mass is 406 g/mol. The molecule has 0 aliphatic heterocycles. The SMILES string of the molecule is Cc1ccc(C(=O)C[C@H](c2ccc(C(C)C)cc2)S(=O)(=O)c2ccccc2)cc1. The van der Waals surface area contributed by atoms with Crippen molar-refractivity contribution in [3.63, 3.8) is 0 Å². The van der Waals surface area contributed by atoms with E-state index in [0.717, 1.165) is 11.1 Å². The summed E-state index contributed by atoms with van der Waals surface area (Å²) in [4.78, 5) is 13.2. The lowest BCUT2D eigenvalue weighted by molar-refractivity contribution is 0.0980. The van der Waals surface area contributed by atoms with Gasteiger partial charge in [-0.15, -0.1) is 0 Å². The molecule has 0 saturated heterocycles. The van der Waals surface area contributed by atoms with E-state index in [1.54, 1.807) is 42.5 Å². The molecule has 29 heavy (non-hydrogen) atoms. The predicted octanol–water partition coefficient (Wildman–Crippen LogP) is 5.91. The van der Waals surface area contributed by atoms with Crippen molar-refractivity contribution in [1.29, 1.82) is 0 Å². The normalized spacial score (nSPS) is 12.7. The highest BCUT2D eigenvalue weighted by atomic mass is 32.2. The van der Waals surface area contributed by atoms with Crippen LogP contribution in [0, 0.1) is 6.92 Å². The van der Waals surface area contributed by atoms with Crippen molar-refractivity contribution in [2.24, 2.45) is 0 Å². The van der Waals surface area contributed by atoms with E-state index in [4.69, 9.17) is 0 Å². The molecular weight excluding hydrogens is 380 g/mol. The standard InChI is InChI=1S/C25H26O3S/c1-18(2)20-13-15-22(16-14-20)25(29(27,28)23-7-5-4-6-8-23)17-24(26)21-11-9-19(3)10-12-21/h4-16,18,25H,17H2,1-3H3/t25-/m1/s1. The average Bonchev–Trinajstić information content (AvgIpc) is 2.73. The molecule has 0 bridgehead atoms. The van der Waals surface area contributed by atoms with Crippen LogP contribution in [0.1, 0.15) is 58.5 Å². The Balaban J connectivity index is 2.01. The Labute approximate surface area is 173 Å². The van der Waals surface area contributed by atoms with Crippen LogP contribution >= 0.6 is 0 Å². The molecule has 150 valence electrons. The van der Waals surface area contributed by atoms with Crippen LogP contribution in [0.5, 0.6) is 0 Å². The Kier molecular flexibility index (Phi) is 6.33. The highest BCUT2D eigenvalue weighted by molar-refractivity contribution is 7.91. The first-order valence-electron chi connectivity index (χ1n) is 9.77. The maximum Gasteiger partial charge on any atom is 0.185 e. The third kappa shape index (κ3) is 4.83. The molecule has 0 spiro atoms. The van der Waals surface area contributed by atoms with Gasteiger partial charge in [0, 0.05) is 12.0 Å². The first-order chi connectivity index (χ1) is 13.8. The molecule has 0 unspecified atom stereocenters. The van der Waals surface area contributed by atoms with Gasteiger partial charge in [-0.05, 0) is 36.1 Å². The molecule has 0 heterocycles. The van der Waals surface area contributed by atoms with E-state index < -0.39 is 15.1 Å². The van der Waals surface area contributed by atoms with Crippen molar-refractivity contribution in [2.75, 3.05) is 0 Å². The minimum atomic E-state index is -3.72. The molecule has 0 aliphatic carbocycles. The number of carbonyl (C=O) groups is 1. The molecule has 3 aromatic rings. The smallest absolute Gasteiger partial charge is 0.185 e. The Morgan fingerprint density at radius 1 is 0.793 bits per heavy atom. The first-order valence-corrected chi connectivity index (χ1v) is 11.3. The molecule has 4 heteroatoms. The quantitative estimate of drug-likeness (QED) is 0.459. The molecule has 0 aliphatic rings. The molecule has 0 saturated carbocycles. The molecule has 3 nitrogen and oxygen atoms in total. The summed E-state index contributed by atoms with van der Waals surface area (Å²) in [6.07, 6.45) is -0.0959. The van der Waals surface area contributed by atoms with Gasteiger partial charge in [-0.25, -0.2) is 8.42 Å². The van der Waals surface area contributed by atoms with E-state index in [2.05, 4.69) is 13.8 Å². The summed E-state index contributed by atoms with van der Waals surface area (Å²) in [5, 5.41) is -0.931. The molecule has 1 atom stereocenters. The zero-order valence-electron chi connectivity index (χ0n) is 17.0. The number of aryl methyl sites for hydroxylation is 1. The van der Waals surface area contributed by atoms with Crippen LogP contribution in [0.25, 0.3) is 0 Å². The zero-order valence-corrected chi connectivity index (χ0v) is 17.8. The number of rotatable bonds is 7. The summed E-state index contributed by atoms with van der Waals surface area (Å²) in [5.74, 6) is 0.171. The van der Waals surface area contributed by atoms with Crippen molar-refractivity contribution in [3.8, 4) is 0 Å². The summed E-state index contributed by atoms with van der Waals surface area (Å²) >= 11 is 0. The van der Waals surface area contributed by atoms with Gasteiger partial charge in [-0.1, -0.05) is 86.1 Å². The molecule has 0 amide bonds. The van der Waals surface area contributed by atoms with Crippen LogP contribution in [0.3, 0.4) is 0 Å². The van der Waals surface area contributed by atoms with Gasteiger partial charge in [-0.2, -0.15) is 0 Å². The maximum atomic E-state index is 13.4. The van der Waals surface area contributed by atoms with E-state index in [9.17, 15) is 13.2 Å². The van der Waals surface area contributed by atoms with Gasteiger partial charge in [-0.3, -0.25) is 4.79 Å². The number of benzene rings is 3. The lowest BCUT2D eigenvalue weighted by Crippen LogP contribution is -2.18. The first kappa shape index (κ1) is 21.0. The van der Waals surface area contributed by atoms with E-state index in [0.29, 0.717) is 17.0 Å². The van der Waals surface area contributed by atoms with Gasteiger partial charge in [0.25, 0.3) is 0 Å². The van der Waals surface area contributed by atoms with E-state index in [1.165, 1.54) is 0 Å². The van der Waals surface area contributed by atoms with Crippen molar-refractivity contribution >= 4 is 15.6 Å². The molecule has 0 radical (unpaired) electrons. The van der Waals surface area contributed by atoms with Crippen LogP contribution in [0.4, 0.5) is 0 Å². The maximum absolute atomic E-state index is 13.4. The second-order valence-corrected chi connectivity index (χ2v) is 9.79. The van der Waals surface area contributed by atoms with Crippen LogP contribution in [-0.4, -0.2) is 14.2 Å². The molecular formula is C25H26O3S. The fourth-order valence-corrected chi connectivity index (χ4v) is 5.05. The second kappa shape index (κ2) is 8.75. The minimum absolute atomic E-state index is 0.0959. The van der Waals surface area contributed by atoms with Crippen molar-refractivity contribution < 1.29 is 13.2 Å². The highest BCUT2D eigenvalue weighted by Crippen LogP contribution is 2.33. The highest BCUT2D eigenvalue weighted by Gasteiger charge is 2.31. The Bertz CT molecular complexity index is 1070. The number of ketones is 1. The summed E-state index contributed by atoms with van der Waals surface area (Å²) in [6.45, 7) is 6.13. The van der Waals surface area contributed by atoms with E-state index in [1.807, 2.05) is 43.3 Å². The predicted molar refractivity (Wildman–Crippen MR) is 117 cm³/mol. The van der Waals surface area contributed by atoms with E-state index in [-0.39, 0.29) is 17.1 Å². The van der Waals surface area contributed by atoms with Gasteiger partial charge >= 0.3 is 0 Å². The average molecular weight is 407 g/mol. The van der Waals surface area contributed by atoms with E-state index >= 15 is 0 Å². The number of sulfone groups is 1. The van der Waals surface area contributed by atoms with Crippen LogP contribution in [-0.2, 0) is 9.84 Å². The largest absolute Gasteiger partial charge is 0.294 e. The van der Waals surface area contributed by atoms with Crippen LogP contribution < -0.4 is 0 Å². The lowest BCUT2D eigenvalue weighted by atomic mass is 9.98. The fourth-order valence-electron chi connectivity index (χ4n) is 3.30. The van der Waals surface area contributed by atoms with Gasteiger partial charge in [0.15, 0.2) is 15.6 Å². The van der Waals surface area contributed by atoms with Gasteiger partial charge in [0.1, 0.15) is 0 Å². The molecule has 3 aromatic carbocycles. The van der Waals surface area contributed by atoms with Crippen molar-refractivity contribution in [1.82, 2.24) is 0 Å². The van der Waals surface area contributed by atoms with Gasteiger partial charge in [0.05, 0.1) is 10.1 Å². The van der Waals surface area contributed by atoms with Crippen molar-refractivity contribution in [3.05, 3.63) is 101 Å². The fraction of sp³-hybridized carbons (Fsp3) is 0.240. The number of Topliss-reactive ketones (excluding diaryl/α,β-unsaturated/α-hetero) is 1. The summed E-state index contributed by atoms with van der Waals surface area (Å²) < 4.78 is 26.8. The molecule has 0 fully saturated rings. The number of carbonyl (C=O) groups excluding carboxylic acids is 1. The topological polar surface area (TPSA) is 51.2 Å². The van der Waals surface area contributed by atoms with Crippen LogP contribution in [0.15, 0.2) is 83.8 Å². The minimum Gasteiger partial charge on any atom is -0.294 e. The summed E-state index contributed by atoms with van der Waals surface area (Å²) in [7, 11) is -3.72. The van der Waals surface area contributed by atoms with Crippen molar-refractivity contribution in [2.45, 2.75) is 43.3 Å². The number of hydrogen-bond donors (Lipinski definition) is 0. The van der Waals surface area contributed by atoms with Gasteiger partial charge < -0.3 is 0 Å².